The average molecular weight is 115 g/mol. The Morgan fingerprint density at radius 2 is 2.25 bits per heavy atom. The van der Waals surface area contributed by atoms with Crippen molar-refractivity contribution in [3.05, 3.63) is 0 Å². The van der Waals surface area contributed by atoms with Crippen LogP contribution < -0.4 is 16.8 Å². The van der Waals surface area contributed by atoms with E-state index in [1.54, 1.807) is 0 Å². The van der Waals surface area contributed by atoms with Crippen LogP contribution >= 0.6 is 0 Å². The quantitative estimate of drug-likeness (QED) is 0.254. The van der Waals surface area contributed by atoms with Crippen LogP contribution in [0.4, 0.5) is 0 Å². The maximum absolute atomic E-state index is 6.70. The second-order valence-corrected chi connectivity index (χ2v) is 1.44. The number of rotatable bonds is 3. The Morgan fingerprint density at radius 1 is 1.62 bits per heavy atom. The Balaban J connectivity index is 2.82. The lowest BCUT2D eigenvalue weighted by Gasteiger charge is -1.98. The minimum absolute atomic E-state index is 0.0153. The highest BCUT2D eigenvalue weighted by molar-refractivity contribution is 5.74. The zero-order valence-electron chi connectivity index (χ0n) is 4.70. The smallest absolute Gasteiger partial charge is 0.185 e. The molecule has 1 radical (unpaired) electrons. The van der Waals surface area contributed by atoms with Crippen LogP contribution in [0, 0.1) is 5.41 Å². The van der Waals surface area contributed by atoms with E-state index in [2.05, 4.69) is 5.32 Å². The molecule has 47 valence electrons. The zero-order valence-corrected chi connectivity index (χ0v) is 4.70. The van der Waals surface area contributed by atoms with Crippen molar-refractivity contribution in [2.24, 2.45) is 5.73 Å². The molecule has 0 amide bonds. The highest BCUT2D eigenvalue weighted by Crippen LogP contribution is 1.67. The minimum Gasteiger partial charge on any atom is -0.370 e. The van der Waals surface area contributed by atoms with Gasteiger partial charge in [0.1, 0.15) is 0 Å². The molecule has 8 heavy (non-hydrogen) atoms. The normalized spacial score (nSPS) is 8.62. The van der Waals surface area contributed by atoms with Gasteiger partial charge >= 0.3 is 0 Å². The van der Waals surface area contributed by atoms with Crippen LogP contribution in [0.25, 0.3) is 0 Å². The van der Waals surface area contributed by atoms with E-state index in [0.717, 1.165) is 6.42 Å². The van der Waals surface area contributed by atoms with Crippen molar-refractivity contribution in [1.29, 1.82) is 5.41 Å². The van der Waals surface area contributed by atoms with Crippen LogP contribution in [0.3, 0.4) is 0 Å². The number of nitrogens with two attached hydrogens (primary N) is 1. The number of hydrogen-bond donors (Lipinski definition) is 3. The molecule has 0 rings (SSSR count). The predicted octanol–water partition coefficient (Wildman–Crippen LogP) is -0.858. The molecule has 0 aromatic carbocycles. The fraction of sp³-hybridized carbons (Fsp3) is 0.750. The summed E-state index contributed by atoms with van der Waals surface area (Å²) in [5.74, 6) is -0.0153. The summed E-state index contributed by atoms with van der Waals surface area (Å²) in [5, 5.41) is 9.27. The molecule has 4 nitrogen and oxygen atoms in total. The minimum atomic E-state index is -0.0153. The van der Waals surface area contributed by atoms with Crippen LogP contribution in [-0.2, 0) is 0 Å². The molecule has 0 aromatic heterocycles. The maximum atomic E-state index is 6.70. The molecule has 0 aromatic rings. The molecule has 0 fully saturated rings. The molecule has 0 aliphatic rings. The third-order valence-corrected chi connectivity index (χ3v) is 0.669. The van der Waals surface area contributed by atoms with Gasteiger partial charge in [-0.3, -0.25) is 11.1 Å². The number of hydrogen-bond acceptors (Lipinski definition) is 1. The van der Waals surface area contributed by atoms with Gasteiger partial charge in [-0.1, -0.05) is 0 Å². The monoisotopic (exact) mass is 115 g/mol. The van der Waals surface area contributed by atoms with Crippen LogP contribution in [0.15, 0.2) is 0 Å². The van der Waals surface area contributed by atoms with Crippen LogP contribution in [0.2, 0.25) is 0 Å². The van der Waals surface area contributed by atoms with E-state index in [1.165, 1.54) is 0 Å². The summed E-state index contributed by atoms with van der Waals surface area (Å²) in [5.41, 5.74) is 11.6. The van der Waals surface area contributed by atoms with Crippen molar-refractivity contribution < 1.29 is 0 Å². The van der Waals surface area contributed by atoms with E-state index >= 15 is 0 Å². The second kappa shape index (κ2) is 4.39. The topological polar surface area (TPSA) is 85.7 Å². The van der Waals surface area contributed by atoms with Gasteiger partial charge in [0.05, 0.1) is 0 Å². The van der Waals surface area contributed by atoms with Crippen LogP contribution in [0.5, 0.6) is 0 Å². The molecule has 0 unspecified atom stereocenters. The Morgan fingerprint density at radius 3 is 2.62 bits per heavy atom. The summed E-state index contributed by atoms with van der Waals surface area (Å²) in [4.78, 5) is 0. The summed E-state index contributed by atoms with van der Waals surface area (Å²) < 4.78 is 0. The lowest BCUT2D eigenvalue weighted by Crippen LogP contribution is -2.31. The van der Waals surface area contributed by atoms with Gasteiger partial charge in [0.2, 0.25) is 0 Å². The number of nitrogens with one attached hydrogen (secondary N) is 3. The molecule has 5 N–H and O–H groups in total. The first kappa shape index (κ1) is 7.23. The molecule has 0 saturated heterocycles. The molecule has 0 saturated carbocycles. The van der Waals surface area contributed by atoms with Crippen molar-refractivity contribution in [2.75, 3.05) is 13.1 Å². The molecule has 4 heteroatoms. The van der Waals surface area contributed by atoms with E-state index < -0.39 is 0 Å². The van der Waals surface area contributed by atoms with Gasteiger partial charge in [-0.05, 0) is 6.42 Å². The molecule has 0 aliphatic heterocycles. The molecular weight excluding hydrogens is 104 g/mol. The van der Waals surface area contributed by atoms with Crippen LogP contribution in [-0.4, -0.2) is 19.0 Å². The summed E-state index contributed by atoms with van der Waals surface area (Å²) in [7, 11) is 0. The fourth-order valence-corrected chi connectivity index (χ4v) is 0.311. The lowest BCUT2D eigenvalue weighted by molar-refractivity contribution is 0.767. The summed E-state index contributed by atoms with van der Waals surface area (Å²) in [6, 6.07) is 0. The lowest BCUT2D eigenvalue weighted by atomic mass is 10.4. The number of guanidine groups is 1. The SMILES string of the molecule is [NH]CCCNC(=N)N. The summed E-state index contributed by atoms with van der Waals surface area (Å²) >= 11 is 0. The molecule has 0 spiro atoms. The van der Waals surface area contributed by atoms with Crippen molar-refractivity contribution in [2.45, 2.75) is 6.42 Å². The molecule has 0 atom stereocenters. The van der Waals surface area contributed by atoms with E-state index in [1.807, 2.05) is 0 Å². The first-order valence-corrected chi connectivity index (χ1v) is 2.50. The van der Waals surface area contributed by atoms with E-state index in [9.17, 15) is 0 Å². The van der Waals surface area contributed by atoms with Gasteiger partial charge in [0.25, 0.3) is 0 Å². The van der Waals surface area contributed by atoms with E-state index in [0.29, 0.717) is 13.1 Å². The summed E-state index contributed by atoms with van der Waals surface area (Å²) in [6.07, 6.45) is 0.750. The standard InChI is InChI=1S/C4H11N4/c5-2-1-3-8-4(6)7/h5H,1-3H2,(H4,6,7,8). The zero-order chi connectivity index (χ0) is 6.41. The molecule has 0 heterocycles. The highest BCUT2D eigenvalue weighted by Gasteiger charge is 1.83. The van der Waals surface area contributed by atoms with E-state index in [-0.39, 0.29) is 5.96 Å². The van der Waals surface area contributed by atoms with E-state index in [4.69, 9.17) is 16.9 Å². The van der Waals surface area contributed by atoms with Gasteiger partial charge in [-0.25, -0.2) is 0 Å². The second-order valence-electron chi connectivity index (χ2n) is 1.44. The largest absolute Gasteiger partial charge is 0.370 e. The first-order chi connectivity index (χ1) is 3.77. The Bertz CT molecular complexity index is 70.4. The third-order valence-electron chi connectivity index (χ3n) is 0.669. The van der Waals surface area contributed by atoms with Crippen molar-refractivity contribution >= 4 is 5.96 Å². The van der Waals surface area contributed by atoms with Gasteiger partial charge in [-0.15, -0.1) is 0 Å². The average Bonchev–Trinajstić information content (AvgIpc) is 1.66. The van der Waals surface area contributed by atoms with Gasteiger partial charge in [-0.2, -0.15) is 0 Å². The van der Waals surface area contributed by atoms with Gasteiger partial charge in [0.15, 0.2) is 5.96 Å². The fourth-order valence-electron chi connectivity index (χ4n) is 0.311. The van der Waals surface area contributed by atoms with Crippen LogP contribution in [0.1, 0.15) is 6.42 Å². The first-order valence-electron chi connectivity index (χ1n) is 2.50. The molecule has 0 aliphatic carbocycles. The maximum Gasteiger partial charge on any atom is 0.185 e. The Kier molecular flexibility index (Phi) is 3.97. The van der Waals surface area contributed by atoms with Crippen molar-refractivity contribution in [3.63, 3.8) is 0 Å². The Hall–Kier alpha value is -0.770. The molecule has 0 bridgehead atoms. The third kappa shape index (κ3) is 5.23. The van der Waals surface area contributed by atoms with Gasteiger partial charge in [0, 0.05) is 13.1 Å². The van der Waals surface area contributed by atoms with Gasteiger partial charge < -0.3 is 11.1 Å². The predicted molar refractivity (Wildman–Crippen MR) is 32.5 cm³/mol. The molecular formula is C4H11N4. The highest BCUT2D eigenvalue weighted by atomic mass is 15.0. The summed E-state index contributed by atoms with van der Waals surface area (Å²) in [6.45, 7) is 1.03. The van der Waals surface area contributed by atoms with Crippen molar-refractivity contribution in [3.8, 4) is 0 Å². The van der Waals surface area contributed by atoms with Crippen molar-refractivity contribution in [1.82, 2.24) is 11.1 Å². The Labute approximate surface area is 48.7 Å².